The summed E-state index contributed by atoms with van der Waals surface area (Å²) in [5.41, 5.74) is 7.93. The first-order chi connectivity index (χ1) is 16.8. The zero-order valence-electron chi connectivity index (χ0n) is 19.8. The normalized spacial score (nSPS) is 21.9. The zero-order chi connectivity index (χ0) is 22.8. The van der Waals surface area contributed by atoms with Crippen molar-refractivity contribution in [2.24, 2.45) is 0 Å². The first kappa shape index (κ1) is 22.0. The summed E-state index contributed by atoms with van der Waals surface area (Å²) in [6.07, 6.45) is 8.85. The van der Waals surface area contributed by atoms with Gasteiger partial charge in [-0.3, -0.25) is 15.2 Å². The molecule has 4 aliphatic rings. The molecule has 6 rings (SSSR count). The number of rotatable bonds is 7. The fraction of sp³-hybridized carbons (Fsp3) is 0.500. The molecule has 2 aromatic carbocycles. The highest BCUT2D eigenvalue weighted by atomic mass is 16.7. The van der Waals surface area contributed by atoms with Gasteiger partial charge in [0.1, 0.15) is 18.3 Å². The highest BCUT2D eigenvalue weighted by Crippen LogP contribution is 2.41. The Bertz CT molecular complexity index is 1020. The van der Waals surface area contributed by atoms with Gasteiger partial charge in [0.05, 0.1) is 18.9 Å². The first-order valence-electron chi connectivity index (χ1n) is 12.7. The molecule has 0 atom stereocenters. The van der Waals surface area contributed by atoms with Crippen LogP contribution in [0.1, 0.15) is 42.4 Å². The van der Waals surface area contributed by atoms with E-state index in [0.29, 0.717) is 6.61 Å². The molecule has 1 saturated carbocycles. The number of hydrogen-bond acceptors (Lipinski definition) is 6. The lowest BCUT2D eigenvalue weighted by Crippen LogP contribution is -2.38. The lowest BCUT2D eigenvalue weighted by Gasteiger charge is -2.26. The number of ether oxygens (including phenoxy) is 3. The minimum Gasteiger partial charge on any atom is -0.488 e. The second-order valence-corrected chi connectivity index (χ2v) is 9.91. The Kier molecular flexibility index (Phi) is 6.20. The quantitative estimate of drug-likeness (QED) is 0.668. The summed E-state index contributed by atoms with van der Waals surface area (Å²) in [5.74, 6) is 1.62. The molecule has 2 aliphatic heterocycles. The molecule has 0 bridgehead atoms. The number of fused-ring (bicyclic) bond motifs is 1. The smallest absolute Gasteiger partial charge is 0.162 e. The number of nitrogens with zero attached hydrogens (tertiary/aromatic N) is 1. The van der Waals surface area contributed by atoms with Gasteiger partial charge in [-0.15, -0.1) is 0 Å². The van der Waals surface area contributed by atoms with Gasteiger partial charge in [0.25, 0.3) is 0 Å². The van der Waals surface area contributed by atoms with Crippen molar-refractivity contribution in [3.63, 3.8) is 0 Å². The van der Waals surface area contributed by atoms with Crippen LogP contribution in [0.25, 0.3) is 5.70 Å². The van der Waals surface area contributed by atoms with Crippen molar-refractivity contribution in [2.45, 2.75) is 50.2 Å². The number of morpholine rings is 1. The van der Waals surface area contributed by atoms with Crippen LogP contribution < -0.4 is 15.0 Å². The monoisotopic (exact) mass is 462 g/mol. The Morgan fingerprint density at radius 3 is 2.50 bits per heavy atom. The third kappa shape index (κ3) is 4.67. The van der Waals surface area contributed by atoms with Crippen molar-refractivity contribution in [3.8, 4) is 11.5 Å². The summed E-state index contributed by atoms with van der Waals surface area (Å²) < 4.78 is 18.3. The van der Waals surface area contributed by atoms with Gasteiger partial charge in [0, 0.05) is 38.0 Å². The molecule has 1 spiro atoms. The molecule has 2 aliphatic carbocycles. The largest absolute Gasteiger partial charge is 0.488 e. The van der Waals surface area contributed by atoms with Crippen LogP contribution in [0.4, 0.5) is 0 Å². The van der Waals surface area contributed by atoms with Crippen molar-refractivity contribution in [1.82, 2.24) is 10.4 Å². The van der Waals surface area contributed by atoms with Crippen LogP contribution in [0, 0.1) is 0 Å². The van der Waals surface area contributed by atoms with Gasteiger partial charge in [0.2, 0.25) is 0 Å². The molecule has 0 unspecified atom stereocenters. The predicted octanol–water partition coefficient (Wildman–Crippen LogP) is 4.13. The summed E-state index contributed by atoms with van der Waals surface area (Å²) >= 11 is 0. The molecule has 6 heteroatoms. The lowest BCUT2D eigenvalue weighted by molar-refractivity contribution is -0.0289. The molecule has 0 radical (unpaired) electrons. The maximum atomic E-state index is 6.59. The second-order valence-electron chi connectivity index (χ2n) is 9.91. The third-order valence-electron chi connectivity index (χ3n) is 7.55. The summed E-state index contributed by atoms with van der Waals surface area (Å²) in [6.45, 7) is 5.06. The topological polar surface area (TPSA) is 52.2 Å². The van der Waals surface area contributed by atoms with E-state index in [1.54, 1.807) is 0 Å². The van der Waals surface area contributed by atoms with Crippen molar-refractivity contribution < 1.29 is 19.0 Å². The maximum absolute atomic E-state index is 6.59. The fourth-order valence-corrected chi connectivity index (χ4v) is 5.62. The molecular weight excluding hydrogens is 428 g/mol. The van der Waals surface area contributed by atoms with Crippen molar-refractivity contribution in [3.05, 3.63) is 65.2 Å². The first-order valence-corrected chi connectivity index (χ1v) is 12.7. The van der Waals surface area contributed by atoms with Crippen molar-refractivity contribution >= 4 is 5.70 Å². The standard InChI is InChI=1S/C28H34N2O4/c1-2-6-22-18-24(17-21(22)5-1)33-27-19-23(25-20-28(34-29-25)9-3-4-10-28)7-8-26(27)32-16-13-30-11-14-31-15-12-30/h1-2,5-8,19-20,24,29H,3-4,9-18H2. The SMILES string of the molecule is C1=C(c2ccc(OCCN3CCOCC3)c(OC3Cc4ccccc4C3)c2)NOC12CCCC2. The van der Waals surface area contributed by atoms with E-state index in [1.165, 1.54) is 24.0 Å². The molecule has 2 heterocycles. The Balaban J connectivity index is 1.20. The van der Waals surface area contributed by atoms with E-state index in [-0.39, 0.29) is 11.7 Å². The lowest BCUT2D eigenvalue weighted by atomic mass is 10.00. The van der Waals surface area contributed by atoms with Crippen LogP contribution >= 0.6 is 0 Å². The third-order valence-corrected chi connectivity index (χ3v) is 7.55. The van der Waals surface area contributed by atoms with Crippen LogP contribution in [-0.2, 0) is 22.4 Å². The molecule has 34 heavy (non-hydrogen) atoms. The molecule has 1 saturated heterocycles. The summed E-state index contributed by atoms with van der Waals surface area (Å²) in [4.78, 5) is 8.40. The fourth-order valence-electron chi connectivity index (χ4n) is 5.62. The summed E-state index contributed by atoms with van der Waals surface area (Å²) in [7, 11) is 0. The van der Waals surface area contributed by atoms with Gasteiger partial charge in [-0.2, -0.15) is 0 Å². The van der Waals surface area contributed by atoms with E-state index in [0.717, 1.165) is 81.3 Å². The average molecular weight is 463 g/mol. The molecule has 6 nitrogen and oxygen atoms in total. The van der Waals surface area contributed by atoms with Crippen molar-refractivity contribution in [1.29, 1.82) is 0 Å². The van der Waals surface area contributed by atoms with Crippen LogP contribution in [-0.4, -0.2) is 56.1 Å². The molecular formula is C28H34N2O4. The maximum Gasteiger partial charge on any atom is 0.162 e. The van der Waals surface area contributed by atoms with E-state index in [2.05, 4.69) is 52.9 Å². The summed E-state index contributed by atoms with van der Waals surface area (Å²) in [6, 6.07) is 14.9. The molecule has 2 aromatic rings. The molecule has 2 fully saturated rings. The van der Waals surface area contributed by atoms with Gasteiger partial charge in [-0.1, -0.05) is 37.1 Å². The zero-order valence-corrected chi connectivity index (χ0v) is 19.8. The number of nitrogens with one attached hydrogen (secondary N) is 1. The van der Waals surface area contributed by atoms with E-state index >= 15 is 0 Å². The number of hydroxylamine groups is 1. The minimum atomic E-state index is -0.142. The van der Waals surface area contributed by atoms with E-state index in [4.69, 9.17) is 19.0 Å². The van der Waals surface area contributed by atoms with E-state index < -0.39 is 0 Å². The molecule has 180 valence electrons. The van der Waals surface area contributed by atoms with Gasteiger partial charge < -0.3 is 14.2 Å². The van der Waals surface area contributed by atoms with E-state index in [1.807, 2.05) is 6.07 Å². The Labute approximate surface area is 201 Å². The van der Waals surface area contributed by atoms with Gasteiger partial charge in [0.15, 0.2) is 11.5 Å². The van der Waals surface area contributed by atoms with Crippen LogP contribution in [0.3, 0.4) is 0 Å². The van der Waals surface area contributed by atoms with Crippen LogP contribution in [0.5, 0.6) is 11.5 Å². The molecule has 1 N–H and O–H groups in total. The van der Waals surface area contributed by atoms with Crippen LogP contribution in [0.2, 0.25) is 0 Å². The van der Waals surface area contributed by atoms with Gasteiger partial charge in [-0.25, -0.2) is 0 Å². The number of benzene rings is 2. The average Bonchev–Trinajstić information content (AvgIpc) is 3.61. The Hall–Kier alpha value is -2.54. The van der Waals surface area contributed by atoms with Crippen LogP contribution in [0.15, 0.2) is 48.5 Å². The predicted molar refractivity (Wildman–Crippen MR) is 131 cm³/mol. The summed E-state index contributed by atoms with van der Waals surface area (Å²) in [5, 5.41) is 0. The van der Waals surface area contributed by atoms with Gasteiger partial charge >= 0.3 is 0 Å². The van der Waals surface area contributed by atoms with E-state index in [9.17, 15) is 0 Å². The number of hydrogen-bond donors (Lipinski definition) is 1. The highest BCUT2D eigenvalue weighted by molar-refractivity contribution is 5.68. The van der Waals surface area contributed by atoms with Crippen molar-refractivity contribution in [2.75, 3.05) is 39.5 Å². The highest BCUT2D eigenvalue weighted by Gasteiger charge is 2.38. The Morgan fingerprint density at radius 2 is 1.74 bits per heavy atom. The minimum absolute atomic E-state index is 0.122. The Morgan fingerprint density at radius 1 is 0.971 bits per heavy atom. The molecule has 0 amide bonds. The van der Waals surface area contributed by atoms with Gasteiger partial charge in [-0.05, 0) is 48.2 Å². The second kappa shape index (κ2) is 9.61. The molecule has 0 aromatic heterocycles.